The molecule has 4 heterocycles. The van der Waals surface area contributed by atoms with Crippen LogP contribution in [0.5, 0.6) is 0 Å². The zero-order valence-electron chi connectivity index (χ0n) is 43.7. The van der Waals surface area contributed by atoms with Crippen molar-refractivity contribution in [2.24, 2.45) is 10.8 Å². The Labute approximate surface area is 435 Å². The van der Waals surface area contributed by atoms with E-state index in [1.54, 1.807) is 0 Å². The van der Waals surface area contributed by atoms with Gasteiger partial charge in [0.25, 0.3) is 11.8 Å². The Balaban J connectivity index is 0.000000182. The molecule has 6 aliphatic rings. The number of carbonyl (C=O) groups excluding carboxylic acids is 2. The summed E-state index contributed by atoms with van der Waals surface area (Å²) in [6.45, 7) is 16.1. The van der Waals surface area contributed by atoms with Gasteiger partial charge in [-0.3, -0.25) is 19.4 Å². The second-order valence-corrected chi connectivity index (χ2v) is 23.0. The minimum absolute atomic E-state index is 0.102. The molecule has 2 aromatic carbocycles. The van der Waals surface area contributed by atoms with Crippen molar-refractivity contribution in [1.29, 1.82) is 10.5 Å². The van der Waals surface area contributed by atoms with Gasteiger partial charge in [0.15, 0.2) is 11.6 Å². The molecule has 4 aromatic rings. The topological polar surface area (TPSA) is 229 Å². The Morgan fingerprint density at radius 1 is 0.622 bits per heavy atom. The highest BCUT2D eigenvalue weighted by molar-refractivity contribution is 6.04. The zero-order valence-corrected chi connectivity index (χ0v) is 43.7. The molecule has 0 bridgehead atoms. The lowest BCUT2D eigenvalue weighted by Gasteiger charge is -2.42. The molecule has 0 atom stereocenters. The van der Waals surface area contributed by atoms with Gasteiger partial charge in [0.2, 0.25) is 0 Å². The first-order chi connectivity index (χ1) is 35.5. The van der Waals surface area contributed by atoms with Crippen LogP contribution in [0.2, 0.25) is 0 Å². The van der Waals surface area contributed by atoms with Crippen LogP contribution in [0.4, 0.5) is 11.4 Å². The van der Waals surface area contributed by atoms with E-state index in [0.717, 1.165) is 165 Å². The number of ether oxygens (including phenoxy) is 2. The lowest BCUT2D eigenvalue weighted by molar-refractivity contribution is -0.0449. The molecule has 2 aromatic heterocycles. The van der Waals surface area contributed by atoms with Crippen molar-refractivity contribution < 1.29 is 29.3 Å². The number of morpholine rings is 2. The van der Waals surface area contributed by atoms with Crippen LogP contribution in [0, 0.1) is 33.5 Å². The molecule has 2 saturated heterocycles. The maximum absolute atomic E-state index is 12.9. The number of aromatic amines is 2. The number of H-pyrrole nitrogens is 2. The van der Waals surface area contributed by atoms with Crippen molar-refractivity contribution in [3.8, 4) is 12.1 Å². The Bertz CT molecular complexity index is 2610. The first kappa shape index (κ1) is 52.9. The molecular formula is C58H74N10O6. The van der Waals surface area contributed by atoms with Crippen LogP contribution in [0.15, 0.2) is 60.9 Å². The number of imidazole rings is 2. The molecule has 0 spiro atoms. The summed E-state index contributed by atoms with van der Waals surface area (Å²) >= 11 is 0. The molecule has 2 saturated carbocycles. The minimum atomic E-state index is -0.878. The van der Waals surface area contributed by atoms with Gasteiger partial charge >= 0.3 is 0 Å². The summed E-state index contributed by atoms with van der Waals surface area (Å²) in [6, 6.07) is 16.8. The molecule has 74 heavy (non-hydrogen) atoms. The van der Waals surface area contributed by atoms with E-state index in [0.29, 0.717) is 23.5 Å². The number of benzene rings is 2. The van der Waals surface area contributed by atoms with Gasteiger partial charge in [-0.25, -0.2) is 9.97 Å². The van der Waals surface area contributed by atoms with Gasteiger partial charge in [-0.15, -0.1) is 0 Å². The Kier molecular flexibility index (Phi) is 16.1. The normalized spacial score (nSPS) is 26.2. The summed E-state index contributed by atoms with van der Waals surface area (Å²) in [5.74, 6) is -0.579. The monoisotopic (exact) mass is 1010 g/mol. The molecule has 16 nitrogen and oxygen atoms in total. The van der Waals surface area contributed by atoms with Gasteiger partial charge in [0, 0.05) is 60.8 Å². The van der Waals surface area contributed by atoms with Gasteiger partial charge in [-0.1, -0.05) is 52.0 Å². The number of rotatable bonds is 10. The number of nitriles is 2. The van der Waals surface area contributed by atoms with E-state index in [2.05, 4.69) is 92.3 Å². The second-order valence-electron chi connectivity index (χ2n) is 23.0. The fraction of sp³-hybridized carbons (Fsp3) is 0.552. The van der Waals surface area contributed by atoms with Crippen LogP contribution in [-0.2, 0) is 20.7 Å². The minimum Gasteiger partial charge on any atom is -0.385 e. The number of carbonyl (C=O) groups is 2. The van der Waals surface area contributed by atoms with Crippen LogP contribution in [-0.4, -0.2) is 116 Å². The first-order valence-electron chi connectivity index (χ1n) is 26.8. The largest absolute Gasteiger partial charge is 0.385 e. The van der Waals surface area contributed by atoms with Gasteiger partial charge in [-0.2, -0.15) is 10.5 Å². The molecule has 0 radical (unpaired) electrons. The van der Waals surface area contributed by atoms with Crippen molar-refractivity contribution in [1.82, 2.24) is 29.7 Å². The number of aromatic nitrogens is 4. The smallest absolute Gasteiger partial charge is 0.291 e. The van der Waals surface area contributed by atoms with Crippen molar-refractivity contribution in [3.63, 3.8) is 0 Å². The highest BCUT2D eigenvalue weighted by Crippen LogP contribution is 2.46. The number of nitrogens with one attached hydrogen (secondary N) is 4. The van der Waals surface area contributed by atoms with E-state index in [1.165, 1.54) is 23.5 Å². The summed E-state index contributed by atoms with van der Waals surface area (Å²) in [7, 11) is 0. The van der Waals surface area contributed by atoms with Crippen molar-refractivity contribution in [3.05, 3.63) is 106 Å². The third-order valence-corrected chi connectivity index (χ3v) is 16.8. The number of amides is 2. The van der Waals surface area contributed by atoms with Gasteiger partial charge in [0.05, 0.1) is 50.0 Å². The highest BCUT2D eigenvalue weighted by atomic mass is 16.5. The average molecular weight is 1010 g/mol. The molecule has 0 unspecified atom stereocenters. The van der Waals surface area contributed by atoms with E-state index in [4.69, 9.17) is 20.0 Å². The molecule has 4 fully saturated rings. The summed E-state index contributed by atoms with van der Waals surface area (Å²) in [4.78, 5) is 44.4. The molecule has 6 N–H and O–H groups in total. The predicted molar refractivity (Wildman–Crippen MR) is 284 cm³/mol. The fourth-order valence-electron chi connectivity index (χ4n) is 11.8. The van der Waals surface area contributed by atoms with Crippen molar-refractivity contribution >= 4 is 34.3 Å². The Hall–Kier alpha value is -5.98. The summed E-state index contributed by atoms with van der Waals surface area (Å²) in [5, 5.41) is 47.6. The van der Waals surface area contributed by atoms with Crippen LogP contribution >= 0.6 is 0 Å². The third-order valence-electron chi connectivity index (χ3n) is 16.8. The molecular weight excluding hydrogens is 933 g/mol. The standard InChI is InChI=1S/2C29H37N5O3/c2*1-28(2)9-5-20(6-10-28)24-17-21(3-4-25(24)33-27(35)26-31-19-22(18-30)32-26)29(36)11-7-23(8-12-29)34-13-15-37-16-14-34/h2*3-5,17,19,23,36H,6-16H2,1-2H3,(H,31,32)(H,33,35). The number of hydrogen-bond acceptors (Lipinski definition) is 12. The first-order valence-corrected chi connectivity index (χ1v) is 26.8. The van der Waals surface area contributed by atoms with E-state index >= 15 is 0 Å². The predicted octanol–water partition coefficient (Wildman–Crippen LogP) is 9.18. The zero-order chi connectivity index (χ0) is 52.1. The average Bonchev–Trinajstić information content (AvgIpc) is 4.12. The highest BCUT2D eigenvalue weighted by Gasteiger charge is 2.40. The number of hydrogen-bond donors (Lipinski definition) is 6. The second kappa shape index (κ2) is 22.5. The maximum atomic E-state index is 12.9. The van der Waals surface area contributed by atoms with E-state index < -0.39 is 23.0 Å². The quantitative estimate of drug-likeness (QED) is 0.0874. The van der Waals surface area contributed by atoms with E-state index in [9.17, 15) is 19.8 Å². The summed E-state index contributed by atoms with van der Waals surface area (Å²) < 4.78 is 11.0. The summed E-state index contributed by atoms with van der Waals surface area (Å²) in [6.07, 6.45) is 19.9. The molecule has 10 rings (SSSR count). The van der Waals surface area contributed by atoms with Crippen LogP contribution in [0.3, 0.4) is 0 Å². The van der Waals surface area contributed by atoms with Gasteiger partial charge in [-0.05, 0) is 147 Å². The number of anilines is 2. The van der Waals surface area contributed by atoms with Crippen molar-refractivity contribution in [2.75, 3.05) is 63.2 Å². The fourth-order valence-corrected chi connectivity index (χ4v) is 11.8. The SMILES string of the molecule is CC1(C)CC=C(c2cc(C3(O)CCC(N4CCOCC4)CC3)ccc2NC(=O)c2ncc(C#N)[nH]2)CC1.CC1(C)CC=C(c2cc(C3(O)CCC(N4CCOCC4)CC3)ccc2NC(=O)c2ncc(C#N)[nH]2)CC1. The van der Waals surface area contributed by atoms with E-state index in [-0.39, 0.29) is 33.9 Å². The van der Waals surface area contributed by atoms with Crippen LogP contribution in [0.1, 0.15) is 172 Å². The van der Waals surface area contributed by atoms with E-state index in [1.807, 2.05) is 36.4 Å². The number of allylic oxidation sites excluding steroid dienone is 4. The molecule has 16 heteroatoms. The van der Waals surface area contributed by atoms with Crippen LogP contribution in [0.25, 0.3) is 11.1 Å². The Morgan fingerprint density at radius 2 is 1.00 bits per heavy atom. The summed E-state index contributed by atoms with van der Waals surface area (Å²) in [5.41, 5.74) is 6.75. The van der Waals surface area contributed by atoms with Crippen LogP contribution < -0.4 is 10.6 Å². The molecule has 392 valence electrons. The lowest BCUT2D eigenvalue weighted by atomic mass is 9.74. The number of aliphatic hydroxyl groups is 2. The lowest BCUT2D eigenvalue weighted by Crippen LogP contribution is -2.47. The number of nitrogens with zero attached hydrogens (tertiary/aromatic N) is 6. The molecule has 2 aliphatic heterocycles. The Morgan fingerprint density at radius 3 is 1.32 bits per heavy atom. The van der Waals surface area contributed by atoms with Gasteiger partial charge in [0.1, 0.15) is 23.5 Å². The van der Waals surface area contributed by atoms with Gasteiger partial charge < -0.3 is 40.3 Å². The third kappa shape index (κ3) is 12.4. The molecule has 4 aliphatic carbocycles. The molecule has 2 amide bonds. The van der Waals surface area contributed by atoms with Crippen molar-refractivity contribution in [2.45, 2.75) is 141 Å². The maximum Gasteiger partial charge on any atom is 0.291 e.